The van der Waals surface area contributed by atoms with E-state index in [-0.39, 0.29) is 16.3 Å². The summed E-state index contributed by atoms with van der Waals surface area (Å²) in [5.74, 6) is -1.09. The first-order valence-corrected chi connectivity index (χ1v) is 4.65. The van der Waals surface area contributed by atoms with E-state index >= 15 is 0 Å². The zero-order valence-electron chi connectivity index (χ0n) is 8.31. The molecule has 0 atom stereocenters. The highest BCUT2D eigenvalue weighted by atomic mass is 35.5. The Hall–Kier alpha value is -1.88. The maximum atomic E-state index is 10.6. The maximum absolute atomic E-state index is 10.6. The lowest BCUT2D eigenvalue weighted by atomic mass is 10.1. The van der Waals surface area contributed by atoms with Crippen LogP contribution in [-0.4, -0.2) is 16.0 Å². The summed E-state index contributed by atoms with van der Waals surface area (Å²) in [6, 6.07) is 3.85. The number of halogens is 1. The van der Waals surface area contributed by atoms with Crippen LogP contribution in [0.2, 0.25) is 5.02 Å². The number of benzene rings is 1. The van der Waals surface area contributed by atoms with Crippen LogP contribution in [0.5, 0.6) is 0 Å². The van der Waals surface area contributed by atoms with Gasteiger partial charge in [0.25, 0.3) is 5.69 Å². The average Bonchev–Trinajstić information content (AvgIpc) is 2.20. The van der Waals surface area contributed by atoms with Gasteiger partial charge in [0.05, 0.1) is 4.92 Å². The second kappa shape index (κ2) is 4.76. The van der Waals surface area contributed by atoms with Crippen molar-refractivity contribution in [2.75, 3.05) is 0 Å². The van der Waals surface area contributed by atoms with Crippen LogP contribution in [0.3, 0.4) is 0 Å². The molecule has 1 aromatic carbocycles. The van der Waals surface area contributed by atoms with Crippen molar-refractivity contribution in [3.63, 3.8) is 0 Å². The molecule has 0 radical (unpaired) electrons. The molecule has 0 bridgehead atoms. The smallest absolute Gasteiger partial charge is 0.331 e. The van der Waals surface area contributed by atoms with Crippen LogP contribution in [0.4, 0.5) is 5.69 Å². The second-order valence-electron chi connectivity index (χ2n) is 3.10. The van der Waals surface area contributed by atoms with Crippen LogP contribution in [0.1, 0.15) is 12.5 Å². The van der Waals surface area contributed by atoms with Gasteiger partial charge in [-0.05, 0) is 19.1 Å². The van der Waals surface area contributed by atoms with E-state index in [1.54, 1.807) is 0 Å². The Morgan fingerprint density at radius 2 is 2.19 bits per heavy atom. The normalized spacial score (nSPS) is 11.2. The summed E-state index contributed by atoms with van der Waals surface area (Å²) in [7, 11) is 0. The van der Waals surface area contributed by atoms with E-state index in [0.29, 0.717) is 5.56 Å². The molecule has 1 rings (SSSR count). The molecule has 5 nitrogen and oxygen atoms in total. The first-order valence-electron chi connectivity index (χ1n) is 4.27. The standard InChI is InChI=1S/C10H8ClNO4/c1-6(10(13)14)4-7-5-8(12(15)16)2-3-9(7)11/h2-5H,1H3,(H,13,14)/b6-4+. The summed E-state index contributed by atoms with van der Waals surface area (Å²) in [4.78, 5) is 20.5. The lowest BCUT2D eigenvalue weighted by Crippen LogP contribution is -1.96. The molecule has 1 aromatic rings. The van der Waals surface area contributed by atoms with Gasteiger partial charge in [0.2, 0.25) is 0 Å². The van der Waals surface area contributed by atoms with E-state index in [1.165, 1.54) is 31.2 Å². The number of nitro groups is 1. The molecule has 0 fully saturated rings. The van der Waals surface area contributed by atoms with Gasteiger partial charge in [-0.2, -0.15) is 0 Å². The second-order valence-corrected chi connectivity index (χ2v) is 3.50. The van der Waals surface area contributed by atoms with Gasteiger partial charge in [-0.3, -0.25) is 10.1 Å². The predicted molar refractivity (Wildman–Crippen MR) is 59.4 cm³/mol. The molecule has 0 amide bonds. The molecule has 0 aliphatic rings. The number of hydrogen-bond donors (Lipinski definition) is 1. The van der Waals surface area contributed by atoms with Crippen molar-refractivity contribution >= 4 is 29.3 Å². The third-order valence-corrected chi connectivity index (χ3v) is 2.24. The van der Waals surface area contributed by atoms with Crippen LogP contribution in [0, 0.1) is 10.1 Å². The lowest BCUT2D eigenvalue weighted by Gasteiger charge is -1.99. The molecule has 0 aliphatic heterocycles. The predicted octanol–water partition coefficient (Wildman–Crippen LogP) is 2.74. The largest absolute Gasteiger partial charge is 0.478 e. The van der Waals surface area contributed by atoms with Gasteiger partial charge in [-0.1, -0.05) is 11.6 Å². The molecular weight excluding hydrogens is 234 g/mol. The number of nitro benzene ring substituents is 1. The number of nitrogens with zero attached hydrogens (tertiary/aromatic N) is 1. The van der Waals surface area contributed by atoms with E-state index in [9.17, 15) is 14.9 Å². The van der Waals surface area contributed by atoms with Crippen LogP contribution in [0.15, 0.2) is 23.8 Å². The first-order chi connectivity index (χ1) is 7.41. The molecule has 1 N–H and O–H groups in total. The van der Waals surface area contributed by atoms with Crippen molar-refractivity contribution in [3.05, 3.63) is 44.5 Å². The zero-order valence-corrected chi connectivity index (χ0v) is 9.06. The van der Waals surface area contributed by atoms with Gasteiger partial charge in [-0.25, -0.2) is 4.79 Å². The van der Waals surface area contributed by atoms with E-state index < -0.39 is 10.9 Å². The van der Waals surface area contributed by atoms with Gasteiger partial charge in [0.1, 0.15) is 0 Å². The topological polar surface area (TPSA) is 80.4 Å². The Morgan fingerprint density at radius 3 is 2.69 bits per heavy atom. The van der Waals surface area contributed by atoms with Gasteiger partial charge in [0.15, 0.2) is 0 Å². The molecule has 0 saturated carbocycles. The Balaban J connectivity index is 3.23. The molecule has 6 heteroatoms. The van der Waals surface area contributed by atoms with Crippen molar-refractivity contribution in [1.29, 1.82) is 0 Å². The van der Waals surface area contributed by atoms with Gasteiger partial charge >= 0.3 is 5.97 Å². The molecule has 0 heterocycles. The SMILES string of the molecule is C/C(=C\c1cc([N+](=O)[O-])ccc1Cl)C(=O)O. The summed E-state index contributed by atoms with van der Waals surface area (Å²) < 4.78 is 0. The monoisotopic (exact) mass is 241 g/mol. The highest BCUT2D eigenvalue weighted by Gasteiger charge is 2.09. The number of rotatable bonds is 3. The van der Waals surface area contributed by atoms with E-state index in [1.807, 2.05) is 0 Å². The fourth-order valence-electron chi connectivity index (χ4n) is 1.05. The molecule has 0 aliphatic carbocycles. The number of hydrogen-bond acceptors (Lipinski definition) is 3. The summed E-state index contributed by atoms with van der Waals surface area (Å²) >= 11 is 5.79. The van der Waals surface area contributed by atoms with E-state index in [4.69, 9.17) is 16.7 Å². The van der Waals surface area contributed by atoms with Crippen LogP contribution in [0.25, 0.3) is 6.08 Å². The molecule has 0 aromatic heterocycles. The number of non-ortho nitro benzene ring substituents is 1. The van der Waals surface area contributed by atoms with E-state index in [2.05, 4.69) is 0 Å². The van der Waals surface area contributed by atoms with Crippen LogP contribution >= 0.6 is 11.6 Å². The Labute approximate surface area is 96.1 Å². The minimum absolute atomic E-state index is 0.0578. The summed E-state index contributed by atoms with van der Waals surface area (Å²) in [6.45, 7) is 1.39. The van der Waals surface area contributed by atoms with Gasteiger partial charge < -0.3 is 5.11 Å². The molecular formula is C10H8ClNO4. The highest BCUT2D eigenvalue weighted by Crippen LogP contribution is 2.24. The van der Waals surface area contributed by atoms with Gasteiger partial charge in [0, 0.05) is 28.3 Å². The van der Waals surface area contributed by atoms with Crippen molar-refractivity contribution < 1.29 is 14.8 Å². The number of carboxylic acids is 1. The highest BCUT2D eigenvalue weighted by molar-refractivity contribution is 6.32. The third-order valence-electron chi connectivity index (χ3n) is 1.90. The summed E-state index contributed by atoms with van der Waals surface area (Å²) in [5, 5.41) is 19.4. The fraction of sp³-hybridized carbons (Fsp3) is 0.100. The first kappa shape index (κ1) is 12.2. The van der Waals surface area contributed by atoms with Crippen molar-refractivity contribution in [2.24, 2.45) is 0 Å². The average molecular weight is 242 g/mol. The Kier molecular flexibility index (Phi) is 3.63. The van der Waals surface area contributed by atoms with Crippen molar-refractivity contribution in [1.82, 2.24) is 0 Å². The quantitative estimate of drug-likeness (QED) is 0.501. The van der Waals surface area contributed by atoms with E-state index in [0.717, 1.165) is 0 Å². The van der Waals surface area contributed by atoms with Gasteiger partial charge in [-0.15, -0.1) is 0 Å². The fourth-order valence-corrected chi connectivity index (χ4v) is 1.22. The molecule has 84 valence electrons. The maximum Gasteiger partial charge on any atom is 0.331 e. The molecule has 16 heavy (non-hydrogen) atoms. The van der Waals surface area contributed by atoms with Crippen LogP contribution in [-0.2, 0) is 4.79 Å². The minimum Gasteiger partial charge on any atom is -0.478 e. The zero-order chi connectivity index (χ0) is 12.3. The number of carbonyl (C=O) groups is 1. The molecule has 0 saturated heterocycles. The minimum atomic E-state index is -1.09. The lowest BCUT2D eigenvalue weighted by molar-refractivity contribution is -0.384. The molecule has 0 unspecified atom stereocenters. The third kappa shape index (κ3) is 2.80. The Bertz CT molecular complexity index is 482. The summed E-state index contributed by atoms with van der Waals surface area (Å²) in [6.07, 6.45) is 1.29. The molecule has 0 spiro atoms. The van der Waals surface area contributed by atoms with Crippen LogP contribution < -0.4 is 0 Å². The summed E-state index contributed by atoms with van der Waals surface area (Å²) in [5.41, 5.74) is 0.243. The number of carboxylic acid groups (broad SMARTS) is 1. The van der Waals surface area contributed by atoms with Crippen molar-refractivity contribution in [3.8, 4) is 0 Å². The number of aliphatic carboxylic acids is 1. The Morgan fingerprint density at radius 1 is 1.56 bits per heavy atom. The van der Waals surface area contributed by atoms with Crippen molar-refractivity contribution in [2.45, 2.75) is 6.92 Å².